The number of carbonyl (C=O) groups is 3. The number of ether oxygens (including phenoxy) is 1. The van der Waals surface area contributed by atoms with Gasteiger partial charge in [0.05, 0.1) is 31.5 Å². The molecule has 1 atom stereocenters. The van der Waals surface area contributed by atoms with Gasteiger partial charge in [0.2, 0.25) is 5.91 Å². The van der Waals surface area contributed by atoms with E-state index < -0.39 is 24.3 Å². The highest BCUT2D eigenvalue weighted by atomic mass is 19.4. The third kappa shape index (κ3) is 12.4. The number of halogens is 6. The number of imidazole rings is 1. The Balaban J connectivity index is 0.000000456. The first-order valence-electron chi connectivity index (χ1n) is 17.3. The zero-order valence-electron chi connectivity index (χ0n) is 30.9. The number of rotatable bonds is 11. The molecule has 3 aromatic heterocycles. The molecule has 3 aromatic carbocycles. The van der Waals surface area contributed by atoms with E-state index >= 15 is 0 Å². The Labute approximate surface area is 325 Å². The molecule has 19 heteroatoms. The molecular weight excluding hydrogens is 778 g/mol. The van der Waals surface area contributed by atoms with Crippen molar-refractivity contribution < 1.29 is 60.9 Å². The summed E-state index contributed by atoms with van der Waals surface area (Å²) in [5.74, 6) is -4.13. The number of aromatic nitrogens is 4. The lowest BCUT2D eigenvalue weighted by atomic mass is 10.0. The Kier molecular flexibility index (Phi) is 14.7. The topological polar surface area (TPSA) is 195 Å². The van der Waals surface area contributed by atoms with Gasteiger partial charge in [-0.1, -0.05) is 42.5 Å². The predicted octanol–water partition coefficient (Wildman–Crippen LogP) is 7.50. The lowest BCUT2D eigenvalue weighted by Crippen LogP contribution is -2.30. The molecule has 6 N–H and O–H groups in total. The Morgan fingerprint density at radius 3 is 2.17 bits per heavy atom. The fourth-order valence-corrected chi connectivity index (χ4v) is 5.62. The summed E-state index contributed by atoms with van der Waals surface area (Å²) in [6.07, 6.45) is -4.27. The normalized spacial score (nSPS) is 12.2. The molecule has 58 heavy (non-hydrogen) atoms. The second-order valence-electron chi connectivity index (χ2n) is 12.6. The van der Waals surface area contributed by atoms with Gasteiger partial charge in [0.15, 0.2) is 5.49 Å². The van der Waals surface area contributed by atoms with Crippen molar-refractivity contribution in [2.75, 3.05) is 13.7 Å². The zero-order chi connectivity index (χ0) is 42.6. The number of nitrogens with one attached hydrogen (secondary N) is 3. The minimum atomic E-state index is -5.08. The number of H-pyrrole nitrogens is 2. The van der Waals surface area contributed by atoms with Gasteiger partial charge >= 0.3 is 24.3 Å². The van der Waals surface area contributed by atoms with Crippen molar-refractivity contribution >= 4 is 39.5 Å². The van der Waals surface area contributed by atoms with Crippen LogP contribution >= 0.6 is 0 Å². The van der Waals surface area contributed by atoms with Crippen molar-refractivity contribution in [3.05, 3.63) is 114 Å². The van der Waals surface area contributed by atoms with Gasteiger partial charge in [-0.15, -0.1) is 0 Å². The van der Waals surface area contributed by atoms with Gasteiger partial charge in [-0.3, -0.25) is 9.79 Å². The number of unbranched alkanes of at least 4 members (excludes halogenated alkanes) is 1. The van der Waals surface area contributed by atoms with Crippen LogP contribution in [0.4, 0.5) is 26.3 Å². The maximum atomic E-state index is 13.5. The molecular formula is C39H38F6N6O7. The molecule has 6 rings (SSSR count). The number of fused-ring (bicyclic) bond motifs is 2. The summed E-state index contributed by atoms with van der Waals surface area (Å²) in [5.41, 5.74) is 5.32. The lowest BCUT2D eigenvalue weighted by Gasteiger charge is -2.17. The Hall–Kier alpha value is -6.79. The smallest absolute Gasteiger partial charge is 0.490 e. The van der Waals surface area contributed by atoms with Crippen LogP contribution in [0.5, 0.6) is 5.75 Å². The molecule has 0 bridgehead atoms. The first kappa shape index (κ1) is 43.9. The number of carboxylic acid groups (broad SMARTS) is 2. The van der Waals surface area contributed by atoms with Gasteiger partial charge in [0, 0.05) is 34.9 Å². The highest BCUT2D eigenvalue weighted by Crippen LogP contribution is 2.28. The molecule has 3 heterocycles. The average molecular weight is 817 g/mol. The molecule has 0 radical (unpaired) electrons. The molecule has 0 aliphatic carbocycles. The first-order valence-corrected chi connectivity index (χ1v) is 17.3. The molecule has 0 fully saturated rings. The summed E-state index contributed by atoms with van der Waals surface area (Å²) in [6.45, 7) is 2.54. The van der Waals surface area contributed by atoms with Crippen molar-refractivity contribution in [3.63, 3.8) is 0 Å². The van der Waals surface area contributed by atoms with E-state index in [-0.39, 0.29) is 18.4 Å². The minimum Gasteiger partial charge on any atom is -0.497 e. The molecule has 308 valence electrons. The number of carboxylic acids is 2. The highest BCUT2D eigenvalue weighted by Gasteiger charge is 2.39. The van der Waals surface area contributed by atoms with Crippen LogP contribution in [0, 0.1) is 6.92 Å². The van der Waals surface area contributed by atoms with Crippen LogP contribution in [0.1, 0.15) is 42.4 Å². The number of aryl methyl sites for hydroxylation is 1. The van der Waals surface area contributed by atoms with E-state index in [1.807, 2.05) is 49.5 Å². The Morgan fingerprint density at radius 1 is 0.879 bits per heavy atom. The number of amides is 1. The minimum absolute atomic E-state index is 0.0826. The summed E-state index contributed by atoms with van der Waals surface area (Å²) in [6, 6.07) is 25.5. The van der Waals surface area contributed by atoms with Crippen LogP contribution in [0.2, 0.25) is 0 Å². The van der Waals surface area contributed by atoms with E-state index in [1.54, 1.807) is 25.4 Å². The highest BCUT2D eigenvalue weighted by molar-refractivity contribution is 5.91. The van der Waals surface area contributed by atoms with Crippen molar-refractivity contribution in [3.8, 4) is 17.0 Å². The van der Waals surface area contributed by atoms with Crippen LogP contribution < -0.4 is 15.5 Å². The molecule has 0 saturated heterocycles. The van der Waals surface area contributed by atoms with Gasteiger partial charge in [0.1, 0.15) is 11.6 Å². The number of aromatic amines is 2. The Bertz CT molecular complexity index is 2400. The van der Waals surface area contributed by atoms with Gasteiger partial charge in [0.25, 0.3) is 0 Å². The summed E-state index contributed by atoms with van der Waals surface area (Å²) in [5, 5.41) is 30.7. The molecule has 0 aliphatic heterocycles. The third-order valence-electron chi connectivity index (χ3n) is 8.46. The Morgan fingerprint density at radius 2 is 1.53 bits per heavy atom. The molecule has 0 spiro atoms. The number of methoxy groups -OCH3 is 1. The molecule has 6 aromatic rings. The van der Waals surface area contributed by atoms with E-state index in [1.165, 1.54) is 5.39 Å². The van der Waals surface area contributed by atoms with Crippen molar-refractivity contribution in [2.45, 2.75) is 51.0 Å². The maximum absolute atomic E-state index is 13.5. The van der Waals surface area contributed by atoms with Crippen molar-refractivity contribution in [1.82, 2.24) is 25.0 Å². The number of aliphatic carboxylic acids is 2. The van der Waals surface area contributed by atoms with Crippen LogP contribution in [0.25, 0.3) is 32.9 Å². The van der Waals surface area contributed by atoms with Crippen molar-refractivity contribution in [1.29, 1.82) is 0 Å². The van der Waals surface area contributed by atoms with E-state index in [0.29, 0.717) is 24.3 Å². The SMILES string of the molecule is COc1ccc2[nH]c(C)c(CC(=O)N[C@@H](CCCCN=c3ccccn3O)c3ncc(-c4ccc5ccccc5c4)[nH]3)c2c1.O=C(O)C(F)(F)F.O=C(O)C(F)(F)F. The largest absolute Gasteiger partial charge is 0.497 e. The number of carbonyl (C=O) groups excluding carboxylic acids is 1. The van der Waals surface area contributed by atoms with E-state index in [2.05, 4.69) is 50.6 Å². The average Bonchev–Trinajstić information content (AvgIpc) is 3.79. The van der Waals surface area contributed by atoms with Gasteiger partial charge in [-0.05, 0) is 78.9 Å². The number of benzene rings is 3. The number of alkyl halides is 6. The molecule has 0 unspecified atom stereocenters. The predicted molar refractivity (Wildman–Crippen MR) is 199 cm³/mol. The summed E-state index contributed by atoms with van der Waals surface area (Å²) in [7, 11) is 1.64. The fraction of sp³-hybridized carbons (Fsp3) is 0.256. The van der Waals surface area contributed by atoms with Crippen LogP contribution in [-0.2, 0) is 20.8 Å². The summed E-state index contributed by atoms with van der Waals surface area (Å²) < 4.78 is 69.9. The maximum Gasteiger partial charge on any atom is 0.490 e. The second-order valence-corrected chi connectivity index (χ2v) is 12.6. The lowest BCUT2D eigenvalue weighted by molar-refractivity contribution is -0.193. The molecule has 0 aliphatic rings. The first-order chi connectivity index (χ1) is 27.4. The fourth-order valence-electron chi connectivity index (χ4n) is 5.62. The molecule has 1 amide bonds. The quantitative estimate of drug-likeness (QED) is 0.0439. The van der Waals surface area contributed by atoms with Crippen LogP contribution in [0.15, 0.2) is 96.2 Å². The van der Waals surface area contributed by atoms with E-state index in [9.17, 15) is 36.3 Å². The van der Waals surface area contributed by atoms with Gasteiger partial charge < -0.3 is 35.4 Å². The summed E-state index contributed by atoms with van der Waals surface area (Å²) >= 11 is 0. The van der Waals surface area contributed by atoms with Gasteiger partial charge in [-0.25, -0.2) is 14.6 Å². The number of hydrogen-bond acceptors (Lipinski definition) is 7. The number of nitrogens with zero attached hydrogens (tertiary/aromatic N) is 3. The van der Waals surface area contributed by atoms with Gasteiger partial charge in [-0.2, -0.15) is 31.1 Å². The van der Waals surface area contributed by atoms with Crippen LogP contribution in [-0.4, -0.2) is 79.0 Å². The molecule has 13 nitrogen and oxygen atoms in total. The number of pyridine rings is 1. The standard InChI is InChI=1S/C35H36N6O3.2C2HF3O2/c1-23-28(29-20-27(44-2)15-16-30(29)38-23)21-34(42)39-31(11-5-7-17-36-33-12-6-8-18-41(33)43)35-37-22-32(40-35)26-14-13-24-9-3-4-10-25(24)19-26;2*3-2(4,5)1(6)7/h3-4,6,8-10,12-16,18-20,22,31,38,43H,5,7,11,17,21H2,1-2H3,(H,37,40)(H,39,42);2*(H,6,7)/t31-;;/m0../s1. The number of hydrogen-bond donors (Lipinski definition) is 6. The summed E-state index contributed by atoms with van der Waals surface area (Å²) in [4.78, 5) is 47.4. The van der Waals surface area contributed by atoms with Crippen molar-refractivity contribution in [2.24, 2.45) is 4.99 Å². The third-order valence-corrected chi connectivity index (χ3v) is 8.46. The second kappa shape index (κ2) is 19.4. The van der Waals surface area contributed by atoms with Crippen LogP contribution in [0.3, 0.4) is 0 Å². The van der Waals surface area contributed by atoms with E-state index in [0.717, 1.165) is 62.1 Å². The molecule has 0 saturated carbocycles. The monoisotopic (exact) mass is 816 g/mol. The van der Waals surface area contributed by atoms with E-state index in [4.69, 9.17) is 29.5 Å². The zero-order valence-corrected chi connectivity index (χ0v) is 30.9.